The summed E-state index contributed by atoms with van der Waals surface area (Å²) in [5.74, 6) is 0.482. The van der Waals surface area contributed by atoms with Crippen molar-refractivity contribution >= 4 is 21.9 Å². The molecule has 0 fully saturated rings. The van der Waals surface area contributed by atoms with Gasteiger partial charge in [-0.3, -0.25) is 10.1 Å². The van der Waals surface area contributed by atoms with Gasteiger partial charge in [0.25, 0.3) is 11.8 Å². The molecule has 1 N–H and O–H groups in total. The van der Waals surface area contributed by atoms with Crippen molar-refractivity contribution in [3.05, 3.63) is 72.4 Å². The zero-order chi connectivity index (χ0) is 21.1. The van der Waals surface area contributed by atoms with Crippen molar-refractivity contribution in [2.75, 3.05) is 12.4 Å². The molecule has 0 aliphatic heterocycles. The number of sulfonamides is 1. The minimum absolute atomic E-state index is 0.0472. The minimum atomic E-state index is -3.75. The predicted octanol–water partition coefficient (Wildman–Crippen LogP) is 3.00. The highest BCUT2D eigenvalue weighted by Crippen LogP contribution is 2.21. The molecule has 0 unspecified atom stereocenters. The Morgan fingerprint density at radius 1 is 1.03 bits per heavy atom. The second kappa shape index (κ2) is 7.97. The number of carbonyl (C=O) groups excluding carboxylic acids is 1. The summed E-state index contributed by atoms with van der Waals surface area (Å²) >= 11 is 0. The van der Waals surface area contributed by atoms with E-state index in [1.165, 1.54) is 43.8 Å². The number of anilines is 1. The van der Waals surface area contributed by atoms with Crippen LogP contribution in [0.5, 0.6) is 0 Å². The van der Waals surface area contributed by atoms with Crippen LogP contribution in [0.1, 0.15) is 16.1 Å². The van der Waals surface area contributed by atoms with Gasteiger partial charge in [-0.2, -0.15) is 4.31 Å². The van der Waals surface area contributed by atoms with Gasteiger partial charge in [0.1, 0.15) is 5.76 Å². The van der Waals surface area contributed by atoms with Crippen molar-refractivity contribution in [3.63, 3.8) is 0 Å². The Balaban J connectivity index is 1.44. The van der Waals surface area contributed by atoms with E-state index in [1.54, 1.807) is 24.3 Å². The van der Waals surface area contributed by atoms with Crippen LogP contribution in [0.25, 0.3) is 11.7 Å². The molecule has 0 spiro atoms. The molecule has 30 heavy (non-hydrogen) atoms. The van der Waals surface area contributed by atoms with E-state index in [0.717, 1.165) is 4.31 Å². The van der Waals surface area contributed by atoms with E-state index in [9.17, 15) is 13.2 Å². The molecule has 0 aliphatic rings. The zero-order valence-electron chi connectivity index (χ0n) is 15.7. The summed E-state index contributed by atoms with van der Waals surface area (Å²) in [5.41, 5.74) is 0.223. The molecule has 0 bridgehead atoms. The molecule has 4 aromatic rings. The summed E-state index contributed by atoms with van der Waals surface area (Å²) in [6, 6.07) is 12.1. The average Bonchev–Trinajstić information content (AvgIpc) is 3.50. The van der Waals surface area contributed by atoms with Gasteiger partial charge >= 0.3 is 6.01 Å². The normalized spacial score (nSPS) is 11.7. The standard InChI is InChI=1S/C19H16N4O6S/c1-23(12-14-4-2-10-27-14)30(25,26)15-8-6-13(7-9-15)17(24)20-19-22-21-18(29-19)16-5-3-11-28-16/h2-11H,12H2,1H3,(H,20,22,24). The molecule has 10 nitrogen and oxygen atoms in total. The van der Waals surface area contributed by atoms with E-state index < -0.39 is 15.9 Å². The summed E-state index contributed by atoms with van der Waals surface area (Å²) in [4.78, 5) is 12.4. The molecule has 4 rings (SSSR count). The quantitative estimate of drug-likeness (QED) is 0.475. The molecule has 0 aliphatic carbocycles. The molecule has 11 heteroatoms. The summed E-state index contributed by atoms with van der Waals surface area (Å²) in [6.07, 6.45) is 2.93. The number of benzene rings is 1. The van der Waals surface area contributed by atoms with E-state index in [1.807, 2.05) is 0 Å². The number of furan rings is 2. The van der Waals surface area contributed by atoms with E-state index in [2.05, 4.69) is 15.5 Å². The molecule has 1 aromatic carbocycles. The van der Waals surface area contributed by atoms with Gasteiger partial charge in [-0.05, 0) is 48.5 Å². The van der Waals surface area contributed by atoms with Gasteiger partial charge < -0.3 is 13.3 Å². The van der Waals surface area contributed by atoms with Crippen molar-refractivity contribution in [2.45, 2.75) is 11.4 Å². The molecule has 0 saturated carbocycles. The van der Waals surface area contributed by atoms with Gasteiger partial charge in [0, 0.05) is 12.6 Å². The molecule has 0 atom stereocenters. The zero-order valence-corrected chi connectivity index (χ0v) is 16.5. The average molecular weight is 428 g/mol. The number of hydrogen-bond donors (Lipinski definition) is 1. The summed E-state index contributed by atoms with van der Waals surface area (Å²) in [7, 11) is -2.30. The lowest BCUT2D eigenvalue weighted by molar-refractivity contribution is 0.102. The Morgan fingerprint density at radius 2 is 1.77 bits per heavy atom. The van der Waals surface area contributed by atoms with Crippen LogP contribution in [-0.2, 0) is 16.6 Å². The molecule has 0 saturated heterocycles. The molecule has 3 heterocycles. The van der Waals surface area contributed by atoms with E-state index in [0.29, 0.717) is 11.5 Å². The number of nitrogens with zero attached hydrogens (tertiary/aromatic N) is 3. The molecule has 3 aromatic heterocycles. The Morgan fingerprint density at radius 3 is 2.43 bits per heavy atom. The molecular weight excluding hydrogens is 412 g/mol. The lowest BCUT2D eigenvalue weighted by Gasteiger charge is -2.16. The number of aromatic nitrogens is 2. The lowest BCUT2D eigenvalue weighted by Crippen LogP contribution is -2.26. The van der Waals surface area contributed by atoms with E-state index in [-0.39, 0.29) is 28.9 Å². The van der Waals surface area contributed by atoms with Crippen LogP contribution >= 0.6 is 0 Å². The minimum Gasteiger partial charge on any atom is -0.468 e. The molecular formula is C19H16N4O6S. The van der Waals surface area contributed by atoms with Gasteiger partial charge in [-0.15, -0.1) is 5.10 Å². The Bertz CT molecular complexity index is 1230. The second-order valence-corrected chi connectivity index (χ2v) is 8.25. The Hall–Kier alpha value is -3.70. The van der Waals surface area contributed by atoms with Crippen molar-refractivity contribution in [3.8, 4) is 11.7 Å². The smallest absolute Gasteiger partial charge is 0.322 e. The van der Waals surface area contributed by atoms with Crippen LogP contribution in [0.3, 0.4) is 0 Å². The fourth-order valence-corrected chi connectivity index (χ4v) is 3.75. The van der Waals surface area contributed by atoms with Crippen LogP contribution in [0, 0.1) is 0 Å². The fraction of sp³-hybridized carbons (Fsp3) is 0.105. The van der Waals surface area contributed by atoms with Gasteiger partial charge in [-0.25, -0.2) is 8.42 Å². The monoisotopic (exact) mass is 428 g/mol. The number of carbonyl (C=O) groups is 1. The number of amides is 1. The third-order valence-electron chi connectivity index (χ3n) is 4.16. The number of nitrogens with one attached hydrogen (secondary N) is 1. The van der Waals surface area contributed by atoms with Crippen LogP contribution in [0.4, 0.5) is 6.01 Å². The van der Waals surface area contributed by atoms with Crippen LogP contribution in [0.15, 0.2) is 79.2 Å². The summed E-state index contributed by atoms with van der Waals surface area (Å²) in [6.45, 7) is 0.0900. The number of rotatable bonds is 7. The van der Waals surface area contributed by atoms with E-state index >= 15 is 0 Å². The Kier molecular flexibility index (Phi) is 5.21. The summed E-state index contributed by atoms with van der Waals surface area (Å²) < 4.78 is 42.2. The van der Waals surface area contributed by atoms with Crippen LogP contribution in [0.2, 0.25) is 0 Å². The third kappa shape index (κ3) is 4.02. The maximum Gasteiger partial charge on any atom is 0.322 e. The van der Waals surface area contributed by atoms with Crippen molar-refractivity contribution < 1.29 is 26.5 Å². The molecule has 0 radical (unpaired) electrons. The largest absolute Gasteiger partial charge is 0.468 e. The first kappa shape index (κ1) is 19.6. The summed E-state index contributed by atoms with van der Waals surface area (Å²) in [5, 5.41) is 9.98. The second-order valence-electron chi connectivity index (χ2n) is 6.21. The Labute approximate surface area is 171 Å². The van der Waals surface area contributed by atoms with Crippen LogP contribution in [-0.4, -0.2) is 35.9 Å². The van der Waals surface area contributed by atoms with Crippen molar-refractivity contribution in [1.29, 1.82) is 0 Å². The van der Waals surface area contributed by atoms with Crippen molar-refractivity contribution in [1.82, 2.24) is 14.5 Å². The highest BCUT2D eigenvalue weighted by molar-refractivity contribution is 7.89. The van der Waals surface area contributed by atoms with Gasteiger partial charge in [0.15, 0.2) is 5.76 Å². The predicted molar refractivity (Wildman–Crippen MR) is 104 cm³/mol. The highest BCUT2D eigenvalue weighted by Gasteiger charge is 2.22. The lowest BCUT2D eigenvalue weighted by atomic mass is 10.2. The maximum absolute atomic E-state index is 12.7. The first-order valence-corrected chi connectivity index (χ1v) is 10.1. The fourth-order valence-electron chi connectivity index (χ4n) is 2.61. The first-order valence-electron chi connectivity index (χ1n) is 8.71. The first-order chi connectivity index (χ1) is 14.4. The van der Waals surface area contributed by atoms with Crippen molar-refractivity contribution in [2.24, 2.45) is 0 Å². The molecule has 154 valence electrons. The number of hydrogen-bond acceptors (Lipinski definition) is 8. The maximum atomic E-state index is 12.7. The SMILES string of the molecule is CN(Cc1ccco1)S(=O)(=O)c1ccc(C(=O)Nc2nnc(-c3ccco3)o2)cc1. The molecule has 1 amide bonds. The van der Waals surface area contributed by atoms with E-state index in [4.69, 9.17) is 13.3 Å². The topological polar surface area (TPSA) is 132 Å². The third-order valence-corrected chi connectivity index (χ3v) is 5.98. The van der Waals surface area contributed by atoms with Gasteiger partial charge in [0.2, 0.25) is 10.0 Å². The van der Waals surface area contributed by atoms with Gasteiger partial charge in [0.05, 0.1) is 24.0 Å². The highest BCUT2D eigenvalue weighted by atomic mass is 32.2. The van der Waals surface area contributed by atoms with Crippen LogP contribution < -0.4 is 5.32 Å². The van der Waals surface area contributed by atoms with Gasteiger partial charge in [-0.1, -0.05) is 5.10 Å².